The van der Waals surface area contributed by atoms with Crippen LogP contribution >= 0.6 is 0 Å². The van der Waals surface area contributed by atoms with Gasteiger partial charge in [0.2, 0.25) is 0 Å². The molecule has 34 heavy (non-hydrogen) atoms. The Balaban J connectivity index is 1.35. The van der Waals surface area contributed by atoms with Crippen LogP contribution in [0.15, 0.2) is 53.1 Å². The van der Waals surface area contributed by atoms with Crippen molar-refractivity contribution in [2.75, 3.05) is 11.9 Å². The molecule has 2 saturated carbocycles. The average Bonchev–Trinajstić information content (AvgIpc) is 3.35. The fourth-order valence-corrected chi connectivity index (χ4v) is 4.82. The molecule has 2 aliphatic carbocycles. The molecule has 0 radical (unpaired) electrons. The van der Waals surface area contributed by atoms with Crippen LogP contribution in [0.1, 0.15) is 49.8 Å². The first-order valence-electron chi connectivity index (χ1n) is 11.7. The van der Waals surface area contributed by atoms with Crippen molar-refractivity contribution >= 4 is 17.7 Å². The van der Waals surface area contributed by atoms with E-state index in [2.05, 4.69) is 5.16 Å². The lowest BCUT2D eigenvalue weighted by Crippen LogP contribution is -2.30. The number of aryl methyl sites for hydroxylation is 1. The molecule has 2 fully saturated rings. The molecule has 0 unspecified atom stereocenters. The van der Waals surface area contributed by atoms with E-state index in [1.165, 1.54) is 4.90 Å². The largest absolute Gasteiger partial charge is 0.481 e. The molecule has 7 nitrogen and oxygen atoms in total. The van der Waals surface area contributed by atoms with Gasteiger partial charge in [0.15, 0.2) is 5.76 Å². The van der Waals surface area contributed by atoms with E-state index in [4.69, 9.17) is 9.26 Å². The summed E-state index contributed by atoms with van der Waals surface area (Å²) in [6.07, 6.45) is 4.98. The molecule has 7 heteroatoms. The highest BCUT2D eigenvalue weighted by molar-refractivity contribution is 5.93. The van der Waals surface area contributed by atoms with E-state index in [1.807, 2.05) is 48.5 Å². The molecular weight excluding hydrogens is 432 g/mol. The number of carbonyl (C=O) groups is 2. The molecule has 3 aromatic rings. The maximum atomic E-state index is 12.7. The van der Waals surface area contributed by atoms with Gasteiger partial charge in [0.1, 0.15) is 17.5 Å². The normalized spacial score (nSPS) is 16.9. The topological polar surface area (TPSA) is 92.9 Å². The molecule has 1 aromatic heterocycles. The van der Waals surface area contributed by atoms with Crippen LogP contribution in [0.5, 0.6) is 0 Å². The number of hydrogen-bond acceptors (Lipinski definition) is 5. The minimum Gasteiger partial charge on any atom is -0.481 e. The van der Waals surface area contributed by atoms with Crippen LogP contribution < -0.4 is 4.90 Å². The lowest BCUT2D eigenvalue weighted by molar-refractivity contribution is -0.140. The summed E-state index contributed by atoms with van der Waals surface area (Å²) in [6.45, 7) is 1.81. The predicted molar refractivity (Wildman–Crippen MR) is 128 cm³/mol. The van der Waals surface area contributed by atoms with Crippen LogP contribution in [0.4, 0.5) is 10.5 Å². The predicted octanol–water partition coefficient (Wildman–Crippen LogP) is 5.95. The third-order valence-corrected chi connectivity index (χ3v) is 7.09. The highest BCUT2D eigenvalue weighted by atomic mass is 16.6. The third-order valence-electron chi connectivity index (χ3n) is 7.09. The zero-order chi connectivity index (χ0) is 23.9. The number of benzene rings is 2. The first-order valence-corrected chi connectivity index (χ1v) is 11.7. The Bertz CT molecular complexity index is 1200. The van der Waals surface area contributed by atoms with Crippen molar-refractivity contribution < 1.29 is 24.0 Å². The summed E-state index contributed by atoms with van der Waals surface area (Å²) in [5.74, 6) is -0.234. The fourth-order valence-electron chi connectivity index (χ4n) is 4.82. The molecule has 0 bridgehead atoms. The SMILES string of the molecule is Cc1noc(-c2ccc(-c3ccc(C4(C(=O)O)CC4)cc3)cc2)c1N(C)C(=O)OC1CCCC1. The molecule has 0 atom stereocenters. The first kappa shape index (κ1) is 22.2. The molecule has 1 heterocycles. The van der Waals surface area contributed by atoms with Gasteiger partial charge in [0, 0.05) is 12.6 Å². The molecule has 2 aliphatic rings. The summed E-state index contributed by atoms with van der Waals surface area (Å²) in [7, 11) is 1.68. The molecule has 5 rings (SSSR count). The smallest absolute Gasteiger partial charge is 0.414 e. The Morgan fingerprint density at radius 2 is 1.56 bits per heavy atom. The second-order valence-corrected chi connectivity index (χ2v) is 9.34. The lowest BCUT2D eigenvalue weighted by atomic mass is 9.93. The number of carboxylic acid groups (broad SMARTS) is 1. The Hall–Kier alpha value is -3.61. The molecule has 0 aliphatic heterocycles. The summed E-state index contributed by atoms with van der Waals surface area (Å²) in [6, 6.07) is 15.6. The molecule has 1 N–H and O–H groups in total. The maximum absolute atomic E-state index is 12.7. The molecular formula is C27H28N2O5. The van der Waals surface area contributed by atoms with Crippen molar-refractivity contribution in [2.45, 2.75) is 57.0 Å². The van der Waals surface area contributed by atoms with Gasteiger partial charge in [0.05, 0.1) is 5.41 Å². The summed E-state index contributed by atoms with van der Waals surface area (Å²) in [5.41, 5.74) is 4.18. The molecule has 1 amide bonds. The van der Waals surface area contributed by atoms with Crippen LogP contribution in [0.2, 0.25) is 0 Å². The quantitative estimate of drug-likeness (QED) is 0.489. The number of rotatable bonds is 6. The van der Waals surface area contributed by atoms with Crippen molar-refractivity contribution in [3.8, 4) is 22.5 Å². The van der Waals surface area contributed by atoms with Gasteiger partial charge in [-0.25, -0.2) is 4.79 Å². The second kappa shape index (κ2) is 8.63. The van der Waals surface area contributed by atoms with Crippen LogP contribution in [-0.4, -0.2) is 35.5 Å². The number of hydrogen-bond donors (Lipinski definition) is 1. The van der Waals surface area contributed by atoms with Crippen molar-refractivity contribution in [3.63, 3.8) is 0 Å². The minimum absolute atomic E-state index is 0.0190. The van der Waals surface area contributed by atoms with E-state index in [0.717, 1.165) is 47.9 Å². The van der Waals surface area contributed by atoms with Gasteiger partial charge >= 0.3 is 12.1 Å². The minimum atomic E-state index is -0.750. The van der Waals surface area contributed by atoms with Gasteiger partial charge in [-0.2, -0.15) is 0 Å². The molecule has 0 saturated heterocycles. The number of carbonyl (C=O) groups excluding carboxylic acids is 1. The van der Waals surface area contributed by atoms with Gasteiger partial charge in [-0.1, -0.05) is 53.7 Å². The average molecular weight is 461 g/mol. The van der Waals surface area contributed by atoms with Crippen molar-refractivity contribution in [2.24, 2.45) is 0 Å². The van der Waals surface area contributed by atoms with Crippen molar-refractivity contribution in [1.29, 1.82) is 0 Å². The number of ether oxygens (including phenoxy) is 1. The van der Waals surface area contributed by atoms with Gasteiger partial charge in [-0.15, -0.1) is 0 Å². The number of anilines is 1. The summed E-state index contributed by atoms with van der Waals surface area (Å²) < 4.78 is 11.2. The zero-order valence-electron chi connectivity index (χ0n) is 19.4. The highest BCUT2D eigenvalue weighted by Gasteiger charge is 2.51. The molecule has 0 spiro atoms. The summed E-state index contributed by atoms with van der Waals surface area (Å²) in [4.78, 5) is 25.8. The van der Waals surface area contributed by atoms with Gasteiger partial charge < -0.3 is 14.4 Å². The maximum Gasteiger partial charge on any atom is 0.414 e. The van der Waals surface area contributed by atoms with Crippen molar-refractivity contribution in [3.05, 3.63) is 59.8 Å². The van der Waals surface area contributed by atoms with Gasteiger partial charge in [0.25, 0.3) is 0 Å². The monoisotopic (exact) mass is 460 g/mol. The number of aliphatic carboxylic acids is 1. The second-order valence-electron chi connectivity index (χ2n) is 9.34. The molecule has 2 aromatic carbocycles. The number of nitrogens with zero attached hydrogens (tertiary/aromatic N) is 2. The van der Waals surface area contributed by atoms with E-state index in [9.17, 15) is 14.7 Å². The number of aromatic nitrogens is 1. The fraction of sp³-hybridized carbons (Fsp3) is 0.370. The standard InChI is InChI=1S/C27H28N2O5/c1-17-23(29(2)26(32)33-22-5-3-4-6-22)24(34-28-17)20-9-7-18(8-10-20)19-11-13-21(14-12-19)27(15-16-27)25(30)31/h7-14,22H,3-6,15-16H2,1-2H3,(H,30,31). The van der Waals surface area contributed by atoms with E-state index < -0.39 is 17.5 Å². The number of carboxylic acids is 1. The highest BCUT2D eigenvalue weighted by Crippen LogP contribution is 2.48. The van der Waals surface area contributed by atoms with Crippen LogP contribution in [0.3, 0.4) is 0 Å². The summed E-state index contributed by atoms with van der Waals surface area (Å²) in [5, 5.41) is 13.6. The third kappa shape index (κ3) is 3.95. The Morgan fingerprint density at radius 1 is 1.00 bits per heavy atom. The Morgan fingerprint density at radius 3 is 2.12 bits per heavy atom. The Labute approximate surface area is 198 Å². The summed E-state index contributed by atoms with van der Waals surface area (Å²) >= 11 is 0. The van der Waals surface area contributed by atoms with E-state index in [-0.39, 0.29) is 6.10 Å². The van der Waals surface area contributed by atoms with Gasteiger partial charge in [-0.3, -0.25) is 9.69 Å². The van der Waals surface area contributed by atoms with Crippen molar-refractivity contribution in [1.82, 2.24) is 5.16 Å². The van der Waals surface area contributed by atoms with Crippen LogP contribution in [0.25, 0.3) is 22.5 Å². The molecule has 176 valence electrons. The van der Waals surface area contributed by atoms with E-state index in [1.54, 1.807) is 14.0 Å². The van der Waals surface area contributed by atoms with Gasteiger partial charge in [-0.05, 0) is 62.1 Å². The van der Waals surface area contributed by atoms with Crippen LogP contribution in [-0.2, 0) is 14.9 Å². The van der Waals surface area contributed by atoms with E-state index in [0.29, 0.717) is 30.0 Å². The number of amides is 1. The Kier molecular flexibility index (Phi) is 5.63. The van der Waals surface area contributed by atoms with Crippen LogP contribution in [0, 0.1) is 6.92 Å². The zero-order valence-corrected chi connectivity index (χ0v) is 19.4. The first-order chi connectivity index (χ1) is 16.4. The van der Waals surface area contributed by atoms with E-state index >= 15 is 0 Å². The lowest BCUT2D eigenvalue weighted by Gasteiger charge is -2.20.